The number of hydrogen-bond donors (Lipinski definition) is 4. The first kappa shape index (κ1) is 36.8. The molecule has 8 aliphatic heterocycles. The summed E-state index contributed by atoms with van der Waals surface area (Å²) < 4.78 is 31.3. The third-order valence-corrected chi connectivity index (χ3v) is 14.9. The maximum absolute atomic E-state index is 15.1. The molecule has 2 saturated heterocycles. The Labute approximate surface area is 335 Å². The van der Waals surface area contributed by atoms with Crippen LogP contribution in [0.15, 0.2) is 30.3 Å². The number of phenolic OH excluding ortho intramolecular Hbond substituents is 1. The van der Waals surface area contributed by atoms with Gasteiger partial charge >= 0.3 is 11.9 Å². The van der Waals surface area contributed by atoms with Gasteiger partial charge in [0.15, 0.2) is 28.5 Å². The maximum atomic E-state index is 15.1. The fourth-order valence-electron chi connectivity index (χ4n) is 11.4. The molecule has 3 unspecified atom stereocenters. The van der Waals surface area contributed by atoms with Gasteiger partial charge in [-0.2, -0.15) is 0 Å². The van der Waals surface area contributed by atoms with E-state index >= 15 is 4.79 Å². The molecule has 8 atom stereocenters. The second-order valence-corrected chi connectivity index (χ2v) is 17.9. The Morgan fingerprint density at radius 2 is 1.91 bits per heavy atom. The number of rotatable bonds is 4. The van der Waals surface area contributed by atoms with Crippen molar-refractivity contribution in [3.8, 4) is 28.7 Å². The summed E-state index contributed by atoms with van der Waals surface area (Å²) in [5.74, 6) is 1.59. The van der Waals surface area contributed by atoms with Crippen molar-refractivity contribution < 1.29 is 38.4 Å². The number of carbonyl (C=O) groups excluding carboxylic acids is 2. The normalized spacial score (nSPS) is 31.0. The first-order chi connectivity index (χ1) is 27.4. The topological polar surface area (TPSA) is 161 Å². The fourth-order valence-corrected chi connectivity index (χ4v) is 13.0. The molecule has 14 heteroatoms. The number of aryl methyl sites for hydroxylation is 1. The quantitative estimate of drug-likeness (QED) is 0.162. The number of nitrogens with two attached hydrogens (primary N) is 1. The highest BCUT2D eigenvalue weighted by Gasteiger charge is 2.63. The van der Waals surface area contributed by atoms with Crippen LogP contribution < -0.4 is 30.0 Å². The number of methoxy groups -OCH3 is 1. The SMILES string of the molecule is CCN1CC2(C)Cc3cc(C)c(OC)c(O)c3C1[C@@H]1[C@@H]3SC[C@]4(N[C@H](CN)Cc5c4[nH]c4ccccc54)C(=O)OC[C@@H](c4c5c(c(C)c(OC(C)=O)c43)OCO5)N12. The number of H-pyrrole nitrogens is 1. The van der Waals surface area contributed by atoms with Gasteiger partial charge in [-0.25, -0.2) is 4.79 Å². The molecular weight excluding hydrogens is 747 g/mol. The number of aromatic nitrogens is 1. The van der Waals surface area contributed by atoms with Crippen LogP contribution in [0.1, 0.15) is 82.7 Å². The number of ether oxygens (including phenoxy) is 5. The smallest absolute Gasteiger partial charge is 0.333 e. The molecule has 57 heavy (non-hydrogen) atoms. The van der Waals surface area contributed by atoms with Gasteiger partial charge in [0, 0.05) is 76.5 Å². The summed E-state index contributed by atoms with van der Waals surface area (Å²) in [5.41, 5.74) is 12.5. The van der Waals surface area contributed by atoms with Crippen molar-refractivity contribution in [2.24, 2.45) is 5.73 Å². The molecule has 4 bridgehead atoms. The molecule has 2 fully saturated rings. The molecule has 3 aromatic carbocycles. The number of likely N-dealkylation sites (N-methyl/N-ethyl adjacent to an activating group) is 1. The van der Waals surface area contributed by atoms with Crippen LogP contribution >= 0.6 is 11.8 Å². The lowest BCUT2D eigenvalue weighted by Gasteiger charge is -2.62. The minimum Gasteiger partial charge on any atom is -0.504 e. The number of nitrogens with one attached hydrogen (secondary N) is 2. The molecule has 300 valence electrons. The maximum Gasteiger partial charge on any atom is 0.333 e. The minimum atomic E-state index is -1.28. The Balaban J connectivity index is 1.26. The molecule has 12 rings (SSSR count). The van der Waals surface area contributed by atoms with E-state index in [1.807, 2.05) is 32.0 Å². The molecule has 4 aromatic rings. The summed E-state index contributed by atoms with van der Waals surface area (Å²) >= 11 is 1.64. The zero-order valence-electron chi connectivity index (χ0n) is 33.1. The third-order valence-electron chi connectivity index (χ3n) is 13.5. The Morgan fingerprint density at radius 1 is 1.12 bits per heavy atom. The van der Waals surface area contributed by atoms with Gasteiger partial charge < -0.3 is 39.5 Å². The highest BCUT2D eigenvalue weighted by molar-refractivity contribution is 7.99. The van der Waals surface area contributed by atoms with E-state index in [4.69, 9.17) is 29.4 Å². The molecule has 0 aliphatic carbocycles. The number of esters is 2. The second kappa shape index (κ2) is 13.0. The number of phenols is 1. The zero-order valence-corrected chi connectivity index (χ0v) is 33.9. The number of aromatic amines is 1. The van der Waals surface area contributed by atoms with Crippen molar-refractivity contribution in [2.45, 2.75) is 88.0 Å². The van der Waals surface area contributed by atoms with Crippen LogP contribution in [0.4, 0.5) is 0 Å². The third kappa shape index (κ3) is 5.03. The first-order valence-corrected chi connectivity index (χ1v) is 20.9. The predicted octanol–water partition coefficient (Wildman–Crippen LogP) is 4.97. The monoisotopic (exact) mass is 795 g/mol. The number of hydrogen-bond acceptors (Lipinski definition) is 13. The summed E-state index contributed by atoms with van der Waals surface area (Å²) in [4.78, 5) is 36.9. The lowest BCUT2D eigenvalue weighted by molar-refractivity contribution is -0.160. The van der Waals surface area contributed by atoms with Gasteiger partial charge in [-0.15, -0.1) is 11.8 Å². The highest BCUT2D eigenvalue weighted by Crippen LogP contribution is 2.66. The predicted molar refractivity (Wildman–Crippen MR) is 214 cm³/mol. The van der Waals surface area contributed by atoms with Gasteiger partial charge in [-0.3, -0.25) is 19.9 Å². The van der Waals surface area contributed by atoms with Crippen molar-refractivity contribution in [1.82, 2.24) is 20.1 Å². The van der Waals surface area contributed by atoms with Gasteiger partial charge in [0.25, 0.3) is 0 Å². The lowest BCUT2D eigenvalue weighted by Crippen LogP contribution is -2.69. The van der Waals surface area contributed by atoms with Crippen LogP contribution in [0.2, 0.25) is 0 Å². The van der Waals surface area contributed by atoms with Crippen LogP contribution in [0, 0.1) is 13.8 Å². The van der Waals surface area contributed by atoms with Gasteiger partial charge in [0.1, 0.15) is 12.4 Å². The average molecular weight is 796 g/mol. The van der Waals surface area contributed by atoms with Crippen LogP contribution in [-0.2, 0) is 32.7 Å². The lowest BCUT2D eigenvalue weighted by atomic mass is 9.76. The van der Waals surface area contributed by atoms with Gasteiger partial charge in [-0.1, -0.05) is 31.2 Å². The van der Waals surface area contributed by atoms with E-state index in [2.05, 4.69) is 46.1 Å². The molecule has 1 aromatic heterocycles. The second-order valence-electron chi connectivity index (χ2n) is 16.7. The summed E-state index contributed by atoms with van der Waals surface area (Å²) in [7, 11) is 1.60. The zero-order chi connectivity index (χ0) is 39.7. The molecule has 9 heterocycles. The Hall–Kier alpha value is -4.47. The van der Waals surface area contributed by atoms with Gasteiger partial charge in [0.05, 0.1) is 30.1 Å². The van der Waals surface area contributed by atoms with Gasteiger partial charge in [0.2, 0.25) is 6.79 Å². The van der Waals surface area contributed by atoms with E-state index in [1.165, 1.54) is 6.92 Å². The molecule has 5 N–H and O–H groups in total. The Bertz CT molecular complexity index is 2380. The van der Waals surface area contributed by atoms with Gasteiger partial charge in [-0.05, 0) is 62.9 Å². The molecule has 1 spiro atoms. The largest absolute Gasteiger partial charge is 0.504 e. The summed E-state index contributed by atoms with van der Waals surface area (Å²) in [6.07, 6.45) is 1.29. The van der Waals surface area contributed by atoms with Crippen LogP contribution in [0.25, 0.3) is 10.9 Å². The summed E-state index contributed by atoms with van der Waals surface area (Å²) in [5, 5.41) is 16.6. The van der Waals surface area contributed by atoms with Crippen molar-refractivity contribution in [3.63, 3.8) is 0 Å². The number of nitrogens with zero attached hydrogens (tertiary/aromatic N) is 2. The Kier molecular flexibility index (Phi) is 8.41. The molecule has 0 radical (unpaired) electrons. The van der Waals surface area contributed by atoms with Crippen molar-refractivity contribution in [2.75, 3.05) is 45.9 Å². The molecular formula is C43H49N5O8S. The van der Waals surface area contributed by atoms with Crippen LogP contribution in [-0.4, -0.2) is 95.3 Å². The van der Waals surface area contributed by atoms with Crippen molar-refractivity contribution in [1.29, 1.82) is 0 Å². The number of para-hydroxylation sites is 1. The number of benzene rings is 3. The molecule has 0 amide bonds. The van der Waals surface area contributed by atoms with E-state index in [1.54, 1.807) is 18.9 Å². The number of piperazine rings is 1. The van der Waals surface area contributed by atoms with E-state index in [0.717, 1.165) is 56.5 Å². The van der Waals surface area contributed by atoms with Crippen LogP contribution in [0.5, 0.6) is 28.7 Å². The minimum absolute atomic E-state index is 0.0104. The standard InChI is InChI=1S/C43H49N5O8S/c1-7-47-17-42(5)14-23-12-20(2)35(52-6)34(50)29(23)32(47)33-39-31-30(38-37(54-19-55-38)21(3)36(31)56-22(4)49)28(48(33)42)16-53-41(51)43(18-57-39)40-26(13-24(15-44)46-43)25-10-8-9-11-27(25)45-40/h8-12,24,28,32-33,39,45-46,50H,7,13-19,44H2,1-6H3/t24-,28-,32?,33+,39+,42?,43+/m0/s1. The van der Waals surface area contributed by atoms with E-state index in [0.29, 0.717) is 54.5 Å². The first-order valence-electron chi connectivity index (χ1n) is 19.9. The highest BCUT2D eigenvalue weighted by atomic mass is 32.2. The van der Waals surface area contributed by atoms with Crippen LogP contribution in [0.3, 0.4) is 0 Å². The van der Waals surface area contributed by atoms with Crippen molar-refractivity contribution >= 4 is 34.6 Å². The number of carbonyl (C=O) groups is 2. The molecule has 8 aliphatic rings. The molecule has 0 saturated carbocycles. The number of aromatic hydroxyl groups is 1. The van der Waals surface area contributed by atoms with E-state index in [9.17, 15) is 9.90 Å². The Morgan fingerprint density at radius 3 is 2.67 bits per heavy atom. The number of fused-ring (bicyclic) bond motifs is 8. The summed E-state index contributed by atoms with van der Waals surface area (Å²) in [6, 6.07) is 8.95. The summed E-state index contributed by atoms with van der Waals surface area (Å²) in [6.45, 7) is 11.5. The van der Waals surface area contributed by atoms with E-state index in [-0.39, 0.29) is 49.0 Å². The number of thioether (sulfide) groups is 1. The average Bonchev–Trinajstić information content (AvgIpc) is 3.78. The fraction of sp³-hybridized carbons (Fsp3) is 0.488. The van der Waals surface area contributed by atoms with E-state index < -0.39 is 28.3 Å². The molecule has 13 nitrogen and oxygen atoms in total. The van der Waals surface area contributed by atoms with Crippen molar-refractivity contribution in [3.05, 3.63) is 75.0 Å².